The van der Waals surface area contributed by atoms with Crippen LogP contribution in [0.4, 0.5) is 0 Å². The molecule has 0 aromatic carbocycles. The van der Waals surface area contributed by atoms with Crippen molar-refractivity contribution in [1.29, 1.82) is 0 Å². The van der Waals surface area contributed by atoms with E-state index in [2.05, 4.69) is 52.2 Å². The van der Waals surface area contributed by atoms with Gasteiger partial charge in [-0.25, -0.2) is 0 Å². The lowest BCUT2D eigenvalue weighted by atomic mass is 10.0. The Bertz CT molecular complexity index is 495. The lowest BCUT2D eigenvalue weighted by Crippen LogP contribution is -2.39. The maximum absolute atomic E-state index is 5.80. The third-order valence-electron chi connectivity index (χ3n) is 4.47. The zero-order chi connectivity index (χ0) is 17.2. The van der Waals surface area contributed by atoms with Gasteiger partial charge in [0, 0.05) is 66.0 Å². The van der Waals surface area contributed by atoms with Crippen molar-refractivity contribution in [2.24, 2.45) is 18.0 Å². The molecular weight excluding hydrogens is 304 g/mol. The molecule has 136 valence electrons. The largest absolute Gasteiger partial charge is 0.381 e. The Morgan fingerprint density at radius 1 is 1.46 bits per heavy atom. The van der Waals surface area contributed by atoms with Gasteiger partial charge < -0.3 is 24.3 Å². The van der Waals surface area contributed by atoms with Gasteiger partial charge in [-0.2, -0.15) is 0 Å². The quantitative estimate of drug-likeness (QED) is 0.447. The third kappa shape index (κ3) is 6.17. The van der Waals surface area contributed by atoms with Crippen molar-refractivity contribution in [1.82, 2.24) is 14.8 Å². The molecule has 6 nitrogen and oxygen atoms in total. The van der Waals surface area contributed by atoms with Crippen molar-refractivity contribution in [3.63, 3.8) is 0 Å². The first kappa shape index (κ1) is 18.8. The third-order valence-corrected chi connectivity index (χ3v) is 4.47. The molecule has 6 heteroatoms. The number of nitrogens with one attached hydrogen (secondary N) is 1. The maximum atomic E-state index is 5.80. The fourth-order valence-electron chi connectivity index (χ4n) is 2.90. The van der Waals surface area contributed by atoms with E-state index in [1.165, 1.54) is 5.69 Å². The van der Waals surface area contributed by atoms with Gasteiger partial charge in [-0.3, -0.25) is 4.99 Å². The van der Waals surface area contributed by atoms with Crippen molar-refractivity contribution >= 4 is 5.96 Å². The van der Waals surface area contributed by atoms with E-state index in [9.17, 15) is 0 Å². The first-order valence-electron chi connectivity index (χ1n) is 8.88. The number of guanidine groups is 1. The summed E-state index contributed by atoms with van der Waals surface area (Å²) >= 11 is 0. The Morgan fingerprint density at radius 2 is 2.25 bits per heavy atom. The molecule has 1 aromatic heterocycles. The van der Waals surface area contributed by atoms with Crippen LogP contribution < -0.4 is 5.32 Å². The Balaban J connectivity index is 1.58. The zero-order valence-corrected chi connectivity index (χ0v) is 15.3. The van der Waals surface area contributed by atoms with Gasteiger partial charge >= 0.3 is 0 Å². The maximum Gasteiger partial charge on any atom is 0.193 e. The Morgan fingerprint density at radius 3 is 2.92 bits per heavy atom. The number of ether oxygens (including phenoxy) is 2. The number of hydrogen-bond acceptors (Lipinski definition) is 3. The average molecular weight is 336 g/mol. The summed E-state index contributed by atoms with van der Waals surface area (Å²) in [6.07, 6.45) is 5.32. The molecule has 0 spiro atoms. The lowest BCUT2D eigenvalue weighted by molar-refractivity contribution is 0.0203. The fourth-order valence-corrected chi connectivity index (χ4v) is 2.90. The molecule has 0 bridgehead atoms. The van der Waals surface area contributed by atoms with Crippen molar-refractivity contribution < 1.29 is 9.47 Å². The summed E-state index contributed by atoms with van der Waals surface area (Å²) < 4.78 is 13.3. The first-order valence-corrected chi connectivity index (χ1v) is 8.88. The molecule has 2 heterocycles. The van der Waals surface area contributed by atoms with Gasteiger partial charge in [0.1, 0.15) is 0 Å². The highest BCUT2D eigenvalue weighted by molar-refractivity contribution is 5.79. The molecule has 2 rings (SSSR count). The molecule has 0 amide bonds. The van der Waals surface area contributed by atoms with Crippen molar-refractivity contribution in [3.05, 3.63) is 24.0 Å². The van der Waals surface area contributed by atoms with Crippen LogP contribution in [0.25, 0.3) is 0 Å². The number of aromatic nitrogens is 1. The Kier molecular flexibility index (Phi) is 8.12. The SMILES string of the molecule is CN=C(NCCCOCC1CCOCC1)N(C)Cc1cccn1C. The van der Waals surface area contributed by atoms with Crippen molar-refractivity contribution in [2.45, 2.75) is 25.8 Å². The zero-order valence-electron chi connectivity index (χ0n) is 15.3. The topological polar surface area (TPSA) is 51.0 Å². The van der Waals surface area contributed by atoms with E-state index in [-0.39, 0.29) is 0 Å². The summed E-state index contributed by atoms with van der Waals surface area (Å²) in [6, 6.07) is 4.20. The monoisotopic (exact) mass is 336 g/mol. The van der Waals surface area contributed by atoms with Gasteiger partial charge in [-0.05, 0) is 37.3 Å². The predicted octanol–water partition coefficient (Wildman–Crippen LogP) is 1.87. The van der Waals surface area contributed by atoms with Crippen LogP contribution in [0.3, 0.4) is 0 Å². The van der Waals surface area contributed by atoms with E-state index >= 15 is 0 Å². The molecule has 1 aromatic rings. The first-order chi connectivity index (χ1) is 11.7. The second-order valence-electron chi connectivity index (χ2n) is 6.42. The van der Waals surface area contributed by atoms with Crippen molar-refractivity contribution in [2.75, 3.05) is 47.1 Å². The highest BCUT2D eigenvalue weighted by atomic mass is 16.5. The molecule has 0 atom stereocenters. The number of aryl methyl sites for hydroxylation is 1. The molecule has 0 unspecified atom stereocenters. The van der Waals surface area contributed by atoms with E-state index in [0.717, 1.165) is 64.7 Å². The van der Waals surface area contributed by atoms with Crippen LogP contribution in [0.2, 0.25) is 0 Å². The van der Waals surface area contributed by atoms with Crippen LogP contribution in [-0.4, -0.2) is 62.5 Å². The smallest absolute Gasteiger partial charge is 0.193 e. The highest BCUT2D eigenvalue weighted by Crippen LogP contribution is 2.14. The second kappa shape index (κ2) is 10.4. The van der Waals surface area contributed by atoms with Gasteiger partial charge in [0.05, 0.1) is 6.54 Å². The Labute approximate surface area is 145 Å². The van der Waals surface area contributed by atoms with E-state index in [0.29, 0.717) is 5.92 Å². The minimum Gasteiger partial charge on any atom is -0.381 e. The summed E-state index contributed by atoms with van der Waals surface area (Å²) in [4.78, 5) is 6.49. The predicted molar refractivity (Wildman–Crippen MR) is 97.2 cm³/mol. The van der Waals surface area contributed by atoms with Crippen LogP contribution in [0.15, 0.2) is 23.3 Å². The minimum absolute atomic E-state index is 0.677. The molecule has 24 heavy (non-hydrogen) atoms. The standard InChI is InChI=1S/C18H32N4O2/c1-19-18(22(3)14-17-6-4-10-21(17)2)20-9-5-11-24-15-16-7-12-23-13-8-16/h4,6,10,16H,5,7-9,11-15H2,1-3H3,(H,19,20). The number of aliphatic imine (C=N–C) groups is 1. The van der Waals surface area contributed by atoms with Crippen LogP contribution in [0.1, 0.15) is 25.0 Å². The van der Waals surface area contributed by atoms with Gasteiger partial charge in [0.25, 0.3) is 0 Å². The summed E-state index contributed by atoms with van der Waals surface area (Å²) in [7, 11) is 5.95. The number of hydrogen-bond donors (Lipinski definition) is 1. The summed E-state index contributed by atoms with van der Waals surface area (Å²) in [5, 5.41) is 3.41. The van der Waals surface area contributed by atoms with Crippen LogP contribution >= 0.6 is 0 Å². The van der Waals surface area contributed by atoms with Crippen molar-refractivity contribution in [3.8, 4) is 0 Å². The number of rotatable bonds is 8. The fraction of sp³-hybridized carbons (Fsp3) is 0.722. The molecule has 0 saturated carbocycles. The average Bonchev–Trinajstić information content (AvgIpc) is 3.00. The second-order valence-corrected chi connectivity index (χ2v) is 6.42. The summed E-state index contributed by atoms with van der Waals surface area (Å²) in [5.41, 5.74) is 1.26. The molecule has 0 aliphatic carbocycles. The molecule has 1 N–H and O–H groups in total. The molecular formula is C18H32N4O2. The molecule has 1 fully saturated rings. The molecule has 0 radical (unpaired) electrons. The van der Waals surface area contributed by atoms with Gasteiger partial charge in [-0.1, -0.05) is 0 Å². The van der Waals surface area contributed by atoms with Crippen LogP contribution in [0, 0.1) is 5.92 Å². The van der Waals surface area contributed by atoms with E-state index < -0.39 is 0 Å². The van der Waals surface area contributed by atoms with Gasteiger partial charge in [0.2, 0.25) is 0 Å². The van der Waals surface area contributed by atoms with Crippen LogP contribution in [-0.2, 0) is 23.1 Å². The molecule has 1 saturated heterocycles. The number of nitrogens with zero attached hydrogens (tertiary/aromatic N) is 3. The van der Waals surface area contributed by atoms with E-state index in [1.54, 1.807) is 0 Å². The highest BCUT2D eigenvalue weighted by Gasteiger charge is 2.13. The van der Waals surface area contributed by atoms with E-state index in [4.69, 9.17) is 9.47 Å². The summed E-state index contributed by atoms with van der Waals surface area (Å²) in [6.45, 7) is 5.15. The molecule has 1 aliphatic heterocycles. The summed E-state index contributed by atoms with van der Waals surface area (Å²) in [5.74, 6) is 1.59. The van der Waals surface area contributed by atoms with Gasteiger partial charge in [-0.15, -0.1) is 0 Å². The van der Waals surface area contributed by atoms with Gasteiger partial charge in [0.15, 0.2) is 5.96 Å². The lowest BCUT2D eigenvalue weighted by Gasteiger charge is -2.23. The normalized spacial score (nSPS) is 16.4. The van der Waals surface area contributed by atoms with E-state index in [1.807, 2.05) is 7.05 Å². The van der Waals surface area contributed by atoms with Crippen LogP contribution in [0.5, 0.6) is 0 Å². The molecule has 1 aliphatic rings. The minimum atomic E-state index is 0.677. The Hall–Kier alpha value is -1.53.